The zero-order chi connectivity index (χ0) is 30.5. The molecule has 0 radical (unpaired) electrons. The van der Waals surface area contributed by atoms with Crippen LogP contribution in [-0.2, 0) is 16.0 Å². The Morgan fingerprint density at radius 3 is 2.51 bits per heavy atom. The second kappa shape index (κ2) is 13.5. The van der Waals surface area contributed by atoms with Gasteiger partial charge in [0.05, 0.1) is 13.2 Å². The van der Waals surface area contributed by atoms with Crippen LogP contribution in [0.25, 0.3) is 0 Å². The molecule has 5 atom stereocenters. The Labute approximate surface area is 238 Å². The van der Waals surface area contributed by atoms with Crippen molar-refractivity contribution in [2.24, 2.45) is 5.73 Å². The van der Waals surface area contributed by atoms with Crippen LogP contribution in [0.15, 0.2) is 18.2 Å². The monoisotopic (exact) mass is 579 g/mol. The van der Waals surface area contributed by atoms with Gasteiger partial charge in [0.2, 0.25) is 18.1 Å². The first-order valence-corrected chi connectivity index (χ1v) is 13.4. The van der Waals surface area contributed by atoms with E-state index in [0.29, 0.717) is 12.2 Å². The van der Waals surface area contributed by atoms with Crippen molar-refractivity contribution < 1.29 is 44.2 Å². The third-order valence-electron chi connectivity index (χ3n) is 6.89. The minimum Gasteiger partial charge on any atom is -0.492 e. The number of hydrogen-bond acceptors (Lipinski definition) is 10. The van der Waals surface area contributed by atoms with E-state index in [0.717, 1.165) is 22.4 Å². The van der Waals surface area contributed by atoms with Crippen molar-refractivity contribution in [3.8, 4) is 11.6 Å². The number of aliphatic hydroxyl groups excluding tert-OH is 4. The molecular weight excluding hydrogens is 538 g/mol. The summed E-state index contributed by atoms with van der Waals surface area (Å²) in [6.07, 6.45) is -6.67. The van der Waals surface area contributed by atoms with Crippen LogP contribution < -0.4 is 25.8 Å². The van der Waals surface area contributed by atoms with Gasteiger partial charge in [-0.3, -0.25) is 9.89 Å². The molecule has 14 nitrogen and oxygen atoms in total. The number of rotatable bonds is 12. The number of aromatic amines is 1. The molecule has 3 rings (SSSR count). The molecule has 1 aliphatic rings. The van der Waals surface area contributed by atoms with Crippen molar-refractivity contribution in [1.82, 2.24) is 20.8 Å². The van der Waals surface area contributed by atoms with E-state index in [-0.39, 0.29) is 24.9 Å². The van der Waals surface area contributed by atoms with Crippen molar-refractivity contribution in [3.63, 3.8) is 0 Å². The number of urea groups is 1. The maximum absolute atomic E-state index is 12.0. The molecule has 0 saturated carbocycles. The molecule has 41 heavy (non-hydrogen) atoms. The maximum Gasteiger partial charge on any atom is 0.315 e. The normalized spacial score (nSPS) is 22.8. The first kappa shape index (κ1) is 32.1. The highest BCUT2D eigenvalue weighted by molar-refractivity contribution is 5.89. The van der Waals surface area contributed by atoms with E-state index in [4.69, 9.17) is 19.9 Å². The molecule has 0 aliphatic carbocycles. The fourth-order valence-electron chi connectivity index (χ4n) is 4.25. The molecule has 0 spiro atoms. The highest BCUT2D eigenvalue weighted by Gasteiger charge is 2.45. The number of benzene rings is 1. The molecular formula is C27H41N5O9. The van der Waals surface area contributed by atoms with Crippen molar-refractivity contribution >= 4 is 11.9 Å². The summed E-state index contributed by atoms with van der Waals surface area (Å²) in [5.74, 6) is 0.176. The summed E-state index contributed by atoms with van der Waals surface area (Å²) in [5, 5.41) is 52.4. The van der Waals surface area contributed by atoms with Gasteiger partial charge in [-0.25, -0.2) is 4.79 Å². The number of nitrogens with two attached hydrogens (primary N) is 1. The van der Waals surface area contributed by atoms with Crippen molar-refractivity contribution in [1.29, 1.82) is 0 Å². The fourth-order valence-corrected chi connectivity index (χ4v) is 4.25. The van der Waals surface area contributed by atoms with E-state index in [1.54, 1.807) is 6.07 Å². The van der Waals surface area contributed by atoms with Gasteiger partial charge in [-0.2, -0.15) is 0 Å². The molecule has 2 aromatic rings. The number of nitrogens with zero attached hydrogens (tertiary/aromatic N) is 1. The Kier molecular flexibility index (Phi) is 10.6. The minimum absolute atomic E-state index is 0.0609. The van der Waals surface area contributed by atoms with Gasteiger partial charge in [0, 0.05) is 17.7 Å². The zero-order valence-corrected chi connectivity index (χ0v) is 23.9. The molecule has 2 heterocycles. The number of aromatic nitrogens is 2. The van der Waals surface area contributed by atoms with Crippen molar-refractivity contribution in [2.45, 2.75) is 83.2 Å². The molecule has 1 aromatic heterocycles. The molecule has 1 saturated heterocycles. The van der Waals surface area contributed by atoms with Gasteiger partial charge in [0.1, 0.15) is 42.3 Å². The van der Waals surface area contributed by atoms with Gasteiger partial charge in [-0.05, 0) is 49.9 Å². The highest BCUT2D eigenvalue weighted by Crippen LogP contribution is 2.32. The lowest BCUT2D eigenvalue weighted by Crippen LogP contribution is -2.60. The molecule has 0 bridgehead atoms. The van der Waals surface area contributed by atoms with Crippen LogP contribution >= 0.6 is 0 Å². The van der Waals surface area contributed by atoms with E-state index in [1.165, 1.54) is 13.8 Å². The quantitative estimate of drug-likeness (QED) is 0.151. The topological polar surface area (TPSA) is 222 Å². The fraction of sp³-hybridized carbons (Fsp3) is 0.593. The first-order valence-electron chi connectivity index (χ1n) is 13.4. The first-order chi connectivity index (χ1) is 19.2. The zero-order valence-electron chi connectivity index (χ0n) is 23.9. The highest BCUT2D eigenvalue weighted by atomic mass is 16.7. The molecule has 1 fully saturated rings. The SMILES string of the molecule is Cc1cc(OCCNC(=O)NC(C)(C)C(N)=O)ccc1Cc1c(O[C@@H]2O[C@H](CO)[C@@H](O)[C@H](O)[C@H]2O)n[nH]c1C(C)C. The number of aliphatic hydroxyl groups is 4. The van der Waals surface area contributed by atoms with E-state index in [9.17, 15) is 30.0 Å². The number of hydrogen-bond donors (Lipinski definition) is 8. The van der Waals surface area contributed by atoms with Crippen LogP contribution in [0.1, 0.15) is 56.0 Å². The number of ether oxygens (including phenoxy) is 3. The van der Waals surface area contributed by atoms with Crippen LogP contribution in [0.2, 0.25) is 0 Å². The molecule has 228 valence electrons. The Hall–Kier alpha value is -3.43. The summed E-state index contributed by atoms with van der Waals surface area (Å²) >= 11 is 0. The molecule has 0 unspecified atom stereocenters. The van der Waals surface area contributed by atoms with E-state index < -0.39 is 54.8 Å². The summed E-state index contributed by atoms with van der Waals surface area (Å²) in [7, 11) is 0. The number of amides is 3. The van der Waals surface area contributed by atoms with E-state index >= 15 is 0 Å². The predicted octanol–water partition coefficient (Wildman–Crippen LogP) is -0.447. The second-order valence-corrected chi connectivity index (χ2v) is 10.9. The number of carbonyl (C=O) groups is 2. The van der Waals surface area contributed by atoms with Gasteiger partial charge in [0.15, 0.2) is 0 Å². The lowest BCUT2D eigenvalue weighted by molar-refractivity contribution is -0.278. The largest absolute Gasteiger partial charge is 0.492 e. The Bertz CT molecular complexity index is 1200. The van der Waals surface area contributed by atoms with E-state index in [2.05, 4.69) is 20.8 Å². The average Bonchev–Trinajstić information content (AvgIpc) is 3.30. The van der Waals surface area contributed by atoms with Gasteiger partial charge < -0.3 is 51.0 Å². The Morgan fingerprint density at radius 2 is 1.90 bits per heavy atom. The molecule has 1 aliphatic heterocycles. The summed E-state index contributed by atoms with van der Waals surface area (Å²) in [6, 6.07) is 5.02. The summed E-state index contributed by atoms with van der Waals surface area (Å²) in [6.45, 7) is 8.74. The van der Waals surface area contributed by atoms with E-state index in [1.807, 2.05) is 32.9 Å². The van der Waals surface area contributed by atoms with Crippen LogP contribution in [0.4, 0.5) is 4.79 Å². The van der Waals surface area contributed by atoms with Gasteiger partial charge >= 0.3 is 6.03 Å². The molecule has 3 amide bonds. The van der Waals surface area contributed by atoms with Crippen molar-refractivity contribution in [2.75, 3.05) is 19.8 Å². The third-order valence-corrected chi connectivity index (χ3v) is 6.89. The van der Waals surface area contributed by atoms with Crippen molar-refractivity contribution in [3.05, 3.63) is 40.6 Å². The minimum atomic E-state index is -1.57. The number of aryl methyl sites for hydroxylation is 1. The second-order valence-electron chi connectivity index (χ2n) is 10.9. The smallest absolute Gasteiger partial charge is 0.315 e. The number of primary amides is 1. The predicted molar refractivity (Wildman–Crippen MR) is 146 cm³/mol. The van der Waals surface area contributed by atoms with Crippen LogP contribution in [0.3, 0.4) is 0 Å². The average molecular weight is 580 g/mol. The lowest BCUT2D eigenvalue weighted by Gasteiger charge is -2.39. The third kappa shape index (κ3) is 7.86. The number of H-pyrrole nitrogens is 1. The Balaban J connectivity index is 1.65. The van der Waals surface area contributed by atoms with Crippen LogP contribution in [0.5, 0.6) is 11.6 Å². The summed E-state index contributed by atoms with van der Waals surface area (Å²) < 4.78 is 17.1. The number of nitrogens with one attached hydrogen (secondary N) is 3. The standard InChI is InChI=1S/C27H41N5O9/c1-13(2)19-17(23(32-31-19)41-24-22(36)21(35)20(34)18(12-33)40-24)11-15-6-7-16(10-14(15)3)39-9-8-29-26(38)30-27(4,5)25(28)37/h6-7,10,13,18,20-22,24,33-36H,8-9,11-12H2,1-5H3,(H2,28,37)(H,31,32)(H2,29,30,38)/t18-,20-,21+,22-,24+/m1/s1. The summed E-state index contributed by atoms with van der Waals surface area (Å²) in [5.41, 5.74) is 7.49. The number of carbonyl (C=O) groups excluding carboxylic acids is 2. The maximum atomic E-state index is 12.0. The van der Waals surface area contributed by atoms with Gasteiger partial charge in [-0.15, -0.1) is 5.10 Å². The molecule has 14 heteroatoms. The Morgan fingerprint density at radius 1 is 1.20 bits per heavy atom. The summed E-state index contributed by atoms with van der Waals surface area (Å²) in [4.78, 5) is 23.3. The lowest BCUT2D eigenvalue weighted by atomic mass is 9.96. The van der Waals surface area contributed by atoms with Gasteiger partial charge in [0.25, 0.3) is 0 Å². The van der Waals surface area contributed by atoms with Crippen LogP contribution in [0, 0.1) is 6.92 Å². The molecule has 1 aromatic carbocycles. The van der Waals surface area contributed by atoms with Crippen LogP contribution in [-0.4, -0.2) is 98.6 Å². The van der Waals surface area contributed by atoms with Gasteiger partial charge in [-0.1, -0.05) is 19.9 Å². The molecule has 9 N–H and O–H groups in total.